The van der Waals surface area contributed by atoms with Crippen LogP contribution in [0.25, 0.3) is 11.6 Å². The monoisotopic (exact) mass is 316 g/mol. The van der Waals surface area contributed by atoms with E-state index in [1.54, 1.807) is 24.3 Å². The first-order valence-corrected chi connectivity index (χ1v) is 8.02. The third kappa shape index (κ3) is 3.22. The van der Waals surface area contributed by atoms with Crippen molar-refractivity contribution in [2.45, 2.75) is 18.7 Å². The molecular formula is C18H17FO2S. The third-order valence-electron chi connectivity index (χ3n) is 3.65. The van der Waals surface area contributed by atoms with Crippen molar-refractivity contribution in [3.05, 3.63) is 64.5 Å². The van der Waals surface area contributed by atoms with Crippen molar-refractivity contribution in [3.63, 3.8) is 0 Å². The van der Waals surface area contributed by atoms with Crippen LogP contribution in [0.1, 0.15) is 22.3 Å². The summed E-state index contributed by atoms with van der Waals surface area (Å²) in [4.78, 5) is 12.1. The van der Waals surface area contributed by atoms with Gasteiger partial charge in [-0.3, -0.25) is 0 Å². The van der Waals surface area contributed by atoms with Gasteiger partial charge in [0.05, 0.1) is 5.57 Å². The van der Waals surface area contributed by atoms with Crippen LogP contribution >= 0.6 is 11.8 Å². The first-order valence-electron chi connectivity index (χ1n) is 6.79. The Morgan fingerprint density at radius 1 is 1.18 bits per heavy atom. The molecular weight excluding hydrogens is 299 g/mol. The minimum Gasteiger partial charge on any atom is -0.478 e. The highest BCUT2D eigenvalue weighted by atomic mass is 32.2. The molecule has 0 saturated carbocycles. The van der Waals surface area contributed by atoms with Crippen LogP contribution < -0.4 is 0 Å². The van der Waals surface area contributed by atoms with Crippen molar-refractivity contribution in [1.82, 2.24) is 0 Å². The maximum absolute atomic E-state index is 14.1. The zero-order valence-corrected chi connectivity index (χ0v) is 13.5. The highest BCUT2D eigenvalue weighted by molar-refractivity contribution is 7.98. The van der Waals surface area contributed by atoms with E-state index in [1.165, 1.54) is 23.9 Å². The zero-order chi connectivity index (χ0) is 16.3. The predicted octanol–water partition coefficient (Wildman–Crippen LogP) is 4.79. The molecule has 0 unspecified atom stereocenters. The fourth-order valence-corrected chi connectivity index (χ4v) is 3.03. The van der Waals surface area contributed by atoms with E-state index < -0.39 is 5.97 Å². The Hall–Kier alpha value is -2.07. The number of carboxylic acids is 1. The second-order valence-electron chi connectivity index (χ2n) is 4.96. The van der Waals surface area contributed by atoms with Crippen LogP contribution in [0.2, 0.25) is 0 Å². The van der Waals surface area contributed by atoms with Crippen LogP contribution in [0.15, 0.2) is 41.3 Å². The molecule has 4 heteroatoms. The highest BCUT2D eigenvalue weighted by Gasteiger charge is 2.14. The molecule has 0 radical (unpaired) electrons. The first kappa shape index (κ1) is 16.3. The molecule has 0 aromatic heterocycles. The molecule has 2 aromatic rings. The first-order chi connectivity index (χ1) is 10.5. The van der Waals surface area contributed by atoms with E-state index in [-0.39, 0.29) is 11.4 Å². The summed E-state index contributed by atoms with van der Waals surface area (Å²) in [6.07, 6.45) is 3.36. The van der Waals surface area contributed by atoms with Gasteiger partial charge in [-0.15, -0.1) is 11.8 Å². The number of rotatable bonds is 4. The van der Waals surface area contributed by atoms with E-state index in [9.17, 15) is 14.3 Å². The van der Waals surface area contributed by atoms with Crippen LogP contribution in [-0.2, 0) is 4.79 Å². The van der Waals surface area contributed by atoms with Crippen LogP contribution in [0.4, 0.5) is 4.39 Å². The number of halogens is 1. The summed E-state index contributed by atoms with van der Waals surface area (Å²) in [5.41, 5.74) is 3.08. The summed E-state index contributed by atoms with van der Waals surface area (Å²) in [5, 5.41) is 9.45. The summed E-state index contributed by atoms with van der Waals surface area (Å²) in [7, 11) is 0. The number of thioether (sulfide) groups is 1. The Morgan fingerprint density at radius 2 is 1.82 bits per heavy atom. The van der Waals surface area contributed by atoms with Gasteiger partial charge < -0.3 is 5.11 Å². The van der Waals surface area contributed by atoms with Gasteiger partial charge in [0.15, 0.2) is 0 Å². The van der Waals surface area contributed by atoms with Gasteiger partial charge in [0.25, 0.3) is 0 Å². The largest absolute Gasteiger partial charge is 0.478 e. The maximum Gasteiger partial charge on any atom is 0.336 e. The summed E-state index contributed by atoms with van der Waals surface area (Å²) < 4.78 is 14.1. The standard InChI is InChI=1S/C18H17FO2S/c1-11-12(2)17(22-3)16(19)10-14(11)9-15(18(20)21)13-7-5-4-6-8-13/h4-10H,1-3H3,(H,20,21)/b15-9+. The van der Waals surface area contributed by atoms with Crippen molar-refractivity contribution in [1.29, 1.82) is 0 Å². The lowest BCUT2D eigenvalue weighted by atomic mass is 9.98. The fourth-order valence-electron chi connectivity index (χ4n) is 2.32. The molecule has 0 amide bonds. The molecule has 0 spiro atoms. The smallest absolute Gasteiger partial charge is 0.336 e. The van der Waals surface area contributed by atoms with Gasteiger partial charge >= 0.3 is 5.97 Å². The Morgan fingerprint density at radius 3 is 2.36 bits per heavy atom. The van der Waals surface area contributed by atoms with E-state index in [0.717, 1.165) is 11.1 Å². The topological polar surface area (TPSA) is 37.3 Å². The molecule has 2 nitrogen and oxygen atoms in total. The van der Waals surface area contributed by atoms with Gasteiger partial charge in [-0.1, -0.05) is 30.3 Å². The highest BCUT2D eigenvalue weighted by Crippen LogP contribution is 2.30. The van der Waals surface area contributed by atoms with Crippen molar-refractivity contribution in [2.24, 2.45) is 0 Å². The number of carboxylic acid groups (broad SMARTS) is 1. The Balaban J connectivity index is 2.62. The van der Waals surface area contributed by atoms with Crippen molar-refractivity contribution in [2.75, 3.05) is 6.26 Å². The summed E-state index contributed by atoms with van der Waals surface area (Å²) >= 11 is 1.35. The molecule has 0 fully saturated rings. The molecule has 22 heavy (non-hydrogen) atoms. The molecule has 0 aliphatic rings. The minimum absolute atomic E-state index is 0.152. The van der Waals surface area contributed by atoms with Gasteiger partial charge in [0, 0.05) is 4.90 Å². The van der Waals surface area contributed by atoms with E-state index in [1.807, 2.05) is 26.2 Å². The van der Waals surface area contributed by atoms with Crippen LogP contribution in [0.5, 0.6) is 0 Å². The number of carbonyl (C=O) groups is 1. The average molecular weight is 316 g/mol. The third-order valence-corrected chi connectivity index (χ3v) is 4.56. The lowest BCUT2D eigenvalue weighted by Gasteiger charge is -2.12. The van der Waals surface area contributed by atoms with Crippen molar-refractivity contribution < 1.29 is 14.3 Å². The van der Waals surface area contributed by atoms with Gasteiger partial charge in [-0.05, 0) is 54.5 Å². The molecule has 2 aromatic carbocycles. The summed E-state index contributed by atoms with van der Waals surface area (Å²) in [5.74, 6) is -1.35. The SMILES string of the molecule is CSc1c(F)cc(/C=C(/C(=O)O)c2ccccc2)c(C)c1C. The molecule has 0 aliphatic carbocycles. The number of hydrogen-bond acceptors (Lipinski definition) is 2. The number of benzene rings is 2. The van der Waals surface area contributed by atoms with Crippen LogP contribution in [-0.4, -0.2) is 17.3 Å². The molecule has 0 atom stereocenters. The predicted molar refractivity (Wildman–Crippen MR) is 89.6 cm³/mol. The van der Waals surface area contributed by atoms with E-state index in [0.29, 0.717) is 16.0 Å². The lowest BCUT2D eigenvalue weighted by molar-refractivity contribution is -0.130. The van der Waals surface area contributed by atoms with Gasteiger partial charge in [-0.25, -0.2) is 9.18 Å². The molecule has 0 heterocycles. The van der Waals surface area contributed by atoms with E-state index >= 15 is 0 Å². The molecule has 0 saturated heterocycles. The lowest BCUT2D eigenvalue weighted by Crippen LogP contribution is -2.01. The van der Waals surface area contributed by atoms with Gasteiger partial charge in [0.2, 0.25) is 0 Å². The fraction of sp³-hybridized carbons (Fsp3) is 0.167. The average Bonchev–Trinajstić information content (AvgIpc) is 2.50. The van der Waals surface area contributed by atoms with Crippen LogP contribution in [0, 0.1) is 19.7 Å². The molecule has 0 aliphatic heterocycles. The second kappa shape index (κ2) is 6.79. The van der Waals surface area contributed by atoms with E-state index in [4.69, 9.17) is 0 Å². The van der Waals surface area contributed by atoms with E-state index in [2.05, 4.69) is 0 Å². The van der Waals surface area contributed by atoms with Crippen molar-refractivity contribution in [3.8, 4) is 0 Å². The number of hydrogen-bond donors (Lipinski definition) is 1. The summed E-state index contributed by atoms with van der Waals surface area (Å²) in [6, 6.07) is 10.2. The Kier molecular flexibility index (Phi) is 5.03. The normalized spacial score (nSPS) is 11.5. The Labute approximate surface area is 133 Å². The zero-order valence-electron chi connectivity index (χ0n) is 12.7. The molecule has 2 rings (SSSR count). The molecule has 1 N–H and O–H groups in total. The maximum atomic E-state index is 14.1. The second-order valence-corrected chi connectivity index (χ2v) is 5.78. The van der Waals surface area contributed by atoms with Crippen molar-refractivity contribution >= 4 is 29.4 Å². The quantitative estimate of drug-likeness (QED) is 0.500. The number of aliphatic carboxylic acids is 1. The molecule has 114 valence electrons. The van der Waals surface area contributed by atoms with Gasteiger partial charge in [-0.2, -0.15) is 0 Å². The van der Waals surface area contributed by atoms with Gasteiger partial charge in [0.1, 0.15) is 5.82 Å². The molecule has 0 bridgehead atoms. The van der Waals surface area contributed by atoms with Crippen LogP contribution in [0.3, 0.4) is 0 Å². The summed E-state index contributed by atoms with van der Waals surface area (Å²) in [6.45, 7) is 3.73. The Bertz CT molecular complexity index is 736. The minimum atomic E-state index is -1.03.